The van der Waals surface area contributed by atoms with Crippen LogP contribution in [-0.4, -0.2) is 20.8 Å². The van der Waals surface area contributed by atoms with Crippen LogP contribution in [0.5, 0.6) is 0 Å². The van der Waals surface area contributed by atoms with Gasteiger partial charge in [-0.25, -0.2) is 0 Å². The topological polar surface area (TPSA) is 43.4 Å². The standard InChI is InChI=1S/C7H14O3S.C2H6/c1-11(8,9)10-7-5-3-2-4-6-7;1-2/h7H,2-6H2,1H3;1-2H3. The van der Waals surface area contributed by atoms with E-state index >= 15 is 0 Å². The van der Waals surface area contributed by atoms with Crippen molar-refractivity contribution < 1.29 is 12.6 Å². The molecule has 0 aliphatic heterocycles. The third-order valence-electron chi connectivity index (χ3n) is 1.86. The van der Waals surface area contributed by atoms with E-state index in [9.17, 15) is 8.42 Å². The van der Waals surface area contributed by atoms with Crippen molar-refractivity contribution in [3.63, 3.8) is 0 Å². The van der Waals surface area contributed by atoms with Gasteiger partial charge in [0.2, 0.25) is 0 Å². The predicted molar refractivity (Wildman–Crippen MR) is 54.1 cm³/mol. The van der Waals surface area contributed by atoms with Gasteiger partial charge >= 0.3 is 0 Å². The van der Waals surface area contributed by atoms with Gasteiger partial charge in [0.05, 0.1) is 12.4 Å². The summed E-state index contributed by atoms with van der Waals surface area (Å²) in [5, 5.41) is 0. The highest BCUT2D eigenvalue weighted by Crippen LogP contribution is 2.21. The van der Waals surface area contributed by atoms with Gasteiger partial charge in [-0.15, -0.1) is 0 Å². The predicted octanol–water partition coefficient (Wildman–Crippen LogP) is 2.32. The van der Waals surface area contributed by atoms with Gasteiger partial charge in [-0.3, -0.25) is 4.18 Å². The molecule has 0 atom stereocenters. The maximum Gasteiger partial charge on any atom is 0.264 e. The van der Waals surface area contributed by atoms with Crippen molar-refractivity contribution in [1.82, 2.24) is 0 Å². The second kappa shape index (κ2) is 6.38. The Labute approximate surface area is 81.6 Å². The second-order valence-corrected chi connectivity index (χ2v) is 4.66. The number of rotatable bonds is 2. The molecule has 0 saturated heterocycles. The van der Waals surface area contributed by atoms with E-state index in [1.54, 1.807) is 0 Å². The molecular weight excluding hydrogens is 188 g/mol. The highest BCUT2D eigenvalue weighted by Gasteiger charge is 2.17. The Kier molecular flexibility index (Phi) is 6.33. The molecular formula is C9H20O3S. The molecule has 13 heavy (non-hydrogen) atoms. The van der Waals surface area contributed by atoms with Crippen molar-refractivity contribution >= 4 is 10.1 Å². The quantitative estimate of drug-likeness (QED) is 0.654. The monoisotopic (exact) mass is 208 g/mol. The fourth-order valence-electron chi connectivity index (χ4n) is 1.41. The fraction of sp³-hybridized carbons (Fsp3) is 1.00. The molecule has 0 spiro atoms. The van der Waals surface area contributed by atoms with Gasteiger partial charge in [0, 0.05) is 0 Å². The second-order valence-electron chi connectivity index (χ2n) is 3.06. The summed E-state index contributed by atoms with van der Waals surface area (Å²) in [6.07, 6.45) is 6.27. The first-order valence-corrected chi connectivity index (χ1v) is 6.78. The van der Waals surface area contributed by atoms with Crippen molar-refractivity contribution in [3.05, 3.63) is 0 Å². The van der Waals surface area contributed by atoms with Crippen molar-refractivity contribution in [2.75, 3.05) is 6.26 Å². The van der Waals surface area contributed by atoms with Crippen molar-refractivity contribution in [2.45, 2.75) is 52.1 Å². The van der Waals surface area contributed by atoms with Gasteiger partial charge in [-0.2, -0.15) is 8.42 Å². The minimum atomic E-state index is -3.22. The molecule has 0 unspecified atom stereocenters. The average Bonchev–Trinajstić information content (AvgIpc) is 2.07. The summed E-state index contributed by atoms with van der Waals surface area (Å²) in [6.45, 7) is 4.00. The molecule has 1 aliphatic rings. The smallest absolute Gasteiger partial charge is 0.264 e. The summed E-state index contributed by atoms with van der Waals surface area (Å²) in [7, 11) is -3.22. The molecule has 3 nitrogen and oxygen atoms in total. The highest BCUT2D eigenvalue weighted by molar-refractivity contribution is 7.86. The maximum atomic E-state index is 10.7. The lowest BCUT2D eigenvalue weighted by Gasteiger charge is -2.19. The van der Waals surface area contributed by atoms with Crippen LogP contribution in [-0.2, 0) is 14.3 Å². The first kappa shape index (κ1) is 12.9. The Balaban J connectivity index is 0.000000671. The van der Waals surface area contributed by atoms with E-state index in [1.165, 1.54) is 6.42 Å². The van der Waals surface area contributed by atoms with E-state index in [0.717, 1.165) is 31.9 Å². The zero-order valence-corrected chi connectivity index (χ0v) is 9.56. The first-order valence-electron chi connectivity index (χ1n) is 4.96. The van der Waals surface area contributed by atoms with Crippen LogP contribution in [0.2, 0.25) is 0 Å². The van der Waals surface area contributed by atoms with Crippen LogP contribution < -0.4 is 0 Å². The highest BCUT2D eigenvalue weighted by atomic mass is 32.2. The lowest BCUT2D eigenvalue weighted by Crippen LogP contribution is -2.20. The van der Waals surface area contributed by atoms with E-state index in [-0.39, 0.29) is 6.10 Å². The van der Waals surface area contributed by atoms with Crippen LogP contribution in [0.1, 0.15) is 46.0 Å². The summed E-state index contributed by atoms with van der Waals surface area (Å²) in [4.78, 5) is 0. The van der Waals surface area contributed by atoms with Crippen LogP contribution in [0.15, 0.2) is 0 Å². The van der Waals surface area contributed by atoms with Crippen LogP contribution in [0.3, 0.4) is 0 Å². The minimum absolute atomic E-state index is 0.0428. The Morgan fingerprint density at radius 1 is 1.08 bits per heavy atom. The lowest BCUT2D eigenvalue weighted by molar-refractivity contribution is 0.164. The van der Waals surface area contributed by atoms with Crippen molar-refractivity contribution in [2.24, 2.45) is 0 Å². The molecule has 4 heteroatoms. The van der Waals surface area contributed by atoms with Crippen LogP contribution in [0.4, 0.5) is 0 Å². The average molecular weight is 208 g/mol. The van der Waals surface area contributed by atoms with E-state index in [4.69, 9.17) is 4.18 Å². The van der Waals surface area contributed by atoms with Gasteiger partial charge in [0.1, 0.15) is 0 Å². The number of hydrogen-bond acceptors (Lipinski definition) is 3. The van der Waals surface area contributed by atoms with Crippen LogP contribution in [0, 0.1) is 0 Å². The summed E-state index contributed by atoms with van der Waals surface area (Å²) >= 11 is 0. The molecule has 1 saturated carbocycles. The Bertz CT molecular complexity index is 203. The molecule has 0 radical (unpaired) electrons. The summed E-state index contributed by atoms with van der Waals surface area (Å²) in [5.74, 6) is 0. The molecule has 0 N–H and O–H groups in total. The molecule has 0 heterocycles. The van der Waals surface area contributed by atoms with Gasteiger partial charge in [-0.1, -0.05) is 33.1 Å². The van der Waals surface area contributed by atoms with Crippen LogP contribution in [0.25, 0.3) is 0 Å². The van der Waals surface area contributed by atoms with Gasteiger partial charge in [0.15, 0.2) is 0 Å². The minimum Gasteiger partial charge on any atom is -0.267 e. The molecule has 1 aliphatic carbocycles. The molecule has 0 aromatic carbocycles. The first-order chi connectivity index (χ1) is 6.08. The molecule has 80 valence electrons. The third-order valence-corrected chi connectivity index (χ3v) is 2.48. The lowest BCUT2D eigenvalue weighted by atomic mass is 9.98. The maximum absolute atomic E-state index is 10.7. The SMILES string of the molecule is CC.CS(=O)(=O)OC1CCCCC1. The zero-order chi connectivity index (χ0) is 10.3. The summed E-state index contributed by atoms with van der Waals surface area (Å²) in [5.41, 5.74) is 0. The number of hydrogen-bond donors (Lipinski definition) is 0. The third kappa shape index (κ3) is 7.02. The van der Waals surface area contributed by atoms with Gasteiger partial charge < -0.3 is 0 Å². The van der Waals surface area contributed by atoms with E-state index in [0.29, 0.717) is 0 Å². The Morgan fingerprint density at radius 3 is 1.92 bits per heavy atom. The van der Waals surface area contributed by atoms with Crippen molar-refractivity contribution in [3.8, 4) is 0 Å². The van der Waals surface area contributed by atoms with E-state index in [2.05, 4.69) is 0 Å². The Morgan fingerprint density at radius 2 is 1.54 bits per heavy atom. The zero-order valence-electron chi connectivity index (χ0n) is 8.75. The largest absolute Gasteiger partial charge is 0.267 e. The molecule has 0 amide bonds. The van der Waals surface area contributed by atoms with Gasteiger partial charge in [-0.05, 0) is 12.8 Å². The molecule has 1 rings (SSSR count). The normalized spacial score (nSPS) is 19.0. The van der Waals surface area contributed by atoms with Gasteiger partial charge in [0.25, 0.3) is 10.1 Å². The fourth-order valence-corrected chi connectivity index (χ4v) is 2.10. The molecule has 0 aromatic heterocycles. The molecule has 1 fully saturated rings. The summed E-state index contributed by atoms with van der Waals surface area (Å²) < 4.78 is 26.2. The van der Waals surface area contributed by atoms with Crippen LogP contribution >= 0.6 is 0 Å². The van der Waals surface area contributed by atoms with E-state index < -0.39 is 10.1 Å². The van der Waals surface area contributed by atoms with Crippen molar-refractivity contribution in [1.29, 1.82) is 0 Å². The molecule has 0 aromatic rings. The molecule has 0 bridgehead atoms. The Hall–Kier alpha value is -0.0900. The van der Waals surface area contributed by atoms with E-state index in [1.807, 2.05) is 13.8 Å². The summed E-state index contributed by atoms with van der Waals surface area (Å²) in [6, 6.07) is 0.